The van der Waals surface area contributed by atoms with Gasteiger partial charge in [0.15, 0.2) is 6.29 Å². The van der Waals surface area contributed by atoms with Crippen molar-refractivity contribution in [2.45, 2.75) is 13.3 Å². The van der Waals surface area contributed by atoms with Gasteiger partial charge in [0, 0.05) is 53.5 Å². The largest absolute Gasteiger partial charge is 0.336 e. The zero-order valence-electron chi connectivity index (χ0n) is 21.3. The third kappa shape index (κ3) is 5.47. The van der Waals surface area contributed by atoms with Gasteiger partial charge in [-0.15, -0.1) is 0 Å². The fourth-order valence-electron chi connectivity index (χ4n) is 4.17. The number of allylic oxidation sites excluding steroid dienone is 3. The Morgan fingerprint density at radius 3 is 2.13 bits per heavy atom. The summed E-state index contributed by atoms with van der Waals surface area (Å²) >= 11 is 14.0. The zero-order chi connectivity index (χ0) is 27.2. The van der Waals surface area contributed by atoms with E-state index in [1.807, 2.05) is 79.3 Å². The number of rotatable bonds is 8. The number of hydrogen-bond donors (Lipinski definition) is 0. The minimum absolute atomic E-state index is 0.447. The minimum Gasteiger partial charge on any atom is -0.336 e. The number of pyridine rings is 2. The van der Waals surface area contributed by atoms with Gasteiger partial charge in [-0.25, -0.2) is 4.99 Å². The molecule has 0 spiro atoms. The van der Waals surface area contributed by atoms with E-state index in [9.17, 15) is 4.79 Å². The molecule has 4 nitrogen and oxygen atoms in total. The van der Waals surface area contributed by atoms with Gasteiger partial charge in [-0.05, 0) is 41.3 Å². The van der Waals surface area contributed by atoms with Gasteiger partial charge in [-0.2, -0.15) is 0 Å². The summed E-state index contributed by atoms with van der Waals surface area (Å²) in [7, 11) is 1.93. The van der Waals surface area contributed by atoms with Crippen molar-refractivity contribution in [2.24, 2.45) is 12.0 Å². The molecule has 0 saturated carbocycles. The number of halogens is 2. The van der Waals surface area contributed by atoms with Crippen molar-refractivity contribution in [3.05, 3.63) is 131 Å². The lowest BCUT2D eigenvalue weighted by atomic mass is 9.95. The zero-order valence-corrected chi connectivity index (χ0v) is 22.8. The normalized spacial score (nSPS) is 11.2. The van der Waals surface area contributed by atoms with E-state index in [4.69, 9.17) is 23.2 Å². The lowest BCUT2D eigenvalue weighted by Crippen LogP contribution is -2.16. The molecule has 0 saturated heterocycles. The van der Waals surface area contributed by atoms with E-state index in [2.05, 4.69) is 23.1 Å². The van der Waals surface area contributed by atoms with Gasteiger partial charge in [-0.3, -0.25) is 9.78 Å². The Morgan fingerprint density at radius 1 is 0.947 bits per heavy atom. The van der Waals surface area contributed by atoms with Crippen LogP contribution in [0, 0.1) is 0 Å². The fraction of sp³-hybridized carbons (Fsp3) is 0.0938. The number of carbonyl (C=O) groups excluding carboxylic acids is 1. The van der Waals surface area contributed by atoms with Crippen LogP contribution in [0.5, 0.6) is 0 Å². The lowest BCUT2D eigenvalue weighted by Gasteiger charge is -2.15. The molecule has 2 aromatic carbocycles. The number of aldehydes is 1. The first kappa shape index (κ1) is 27.1. The molecule has 0 atom stereocenters. The Balaban J connectivity index is 1.82. The van der Waals surface area contributed by atoms with Crippen LogP contribution < -0.4 is 5.49 Å². The fourth-order valence-corrected chi connectivity index (χ4v) is 4.84. The maximum Gasteiger partial charge on any atom is 0.168 e. The summed E-state index contributed by atoms with van der Waals surface area (Å²) in [6, 6.07) is 17.7. The van der Waals surface area contributed by atoms with Crippen molar-refractivity contribution >= 4 is 29.5 Å². The third-order valence-corrected chi connectivity index (χ3v) is 7.16. The molecule has 2 heterocycles. The predicted molar refractivity (Wildman–Crippen MR) is 158 cm³/mol. The lowest BCUT2D eigenvalue weighted by molar-refractivity contribution is 0.111. The van der Waals surface area contributed by atoms with Gasteiger partial charge in [-0.1, -0.05) is 91.8 Å². The second-order valence-electron chi connectivity index (χ2n) is 8.62. The first-order valence-corrected chi connectivity index (χ1v) is 12.8. The van der Waals surface area contributed by atoms with E-state index in [1.165, 1.54) is 0 Å². The molecule has 4 rings (SSSR count). The second kappa shape index (κ2) is 12.0. The van der Waals surface area contributed by atoms with Gasteiger partial charge in [0.2, 0.25) is 0 Å². The SMILES string of the molecule is C=CC(C=C)=CN=c1cc(-c2cccc(-c3cccc(-c4cnc(C=O)c(CC)c4)c3Cl)c2Cl)ccn1C. The molecule has 0 N–H and O–H groups in total. The first-order chi connectivity index (χ1) is 18.4. The van der Waals surface area contributed by atoms with E-state index in [-0.39, 0.29) is 0 Å². The maximum atomic E-state index is 11.3. The summed E-state index contributed by atoms with van der Waals surface area (Å²) in [6.45, 7) is 9.55. The van der Waals surface area contributed by atoms with Crippen LogP contribution in [0.2, 0.25) is 10.0 Å². The van der Waals surface area contributed by atoms with E-state index >= 15 is 0 Å². The maximum absolute atomic E-state index is 11.3. The van der Waals surface area contributed by atoms with E-state index in [0.717, 1.165) is 56.3 Å². The Bertz CT molecular complexity index is 1640. The average molecular weight is 540 g/mol. The highest BCUT2D eigenvalue weighted by Gasteiger charge is 2.16. The summed E-state index contributed by atoms with van der Waals surface area (Å²) in [4.78, 5) is 20.3. The Hall–Kier alpha value is -3.99. The van der Waals surface area contributed by atoms with Crippen LogP contribution in [0.1, 0.15) is 23.0 Å². The van der Waals surface area contributed by atoms with Gasteiger partial charge < -0.3 is 4.57 Å². The number of benzene rings is 2. The van der Waals surface area contributed by atoms with Crippen LogP contribution in [0.4, 0.5) is 0 Å². The summed E-state index contributed by atoms with van der Waals surface area (Å²) in [5.41, 5.74) is 7.99. The van der Waals surface area contributed by atoms with Crippen LogP contribution in [0.25, 0.3) is 33.4 Å². The van der Waals surface area contributed by atoms with Crippen molar-refractivity contribution in [1.82, 2.24) is 9.55 Å². The summed E-state index contributed by atoms with van der Waals surface area (Å²) in [5, 5.41) is 1.15. The van der Waals surface area contributed by atoms with E-state index in [0.29, 0.717) is 22.2 Å². The van der Waals surface area contributed by atoms with E-state index in [1.54, 1.807) is 24.5 Å². The number of aromatic nitrogens is 2. The van der Waals surface area contributed by atoms with Gasteiger partial charge in [0.1, 0.15) is 11.2 Å². The van der Waals surface area contributed by atoms with Crippen LogP contribution in [0.3, 0.4) is 0 Å². The monoisotopic (exact) mass is 539 g/mol. The molecule has 0 bridgehead atoms. The molecule has 0 unspecified atom stereocenters. The molecule has 6 heteroatoms. The van der Waals surface area contributed by atoms with Crippen LogP contribution in [-0.2, 0) is 13.5 Å². The van der Waals surface area contributed by atoms with Crippen molar-refractivity contribution in [3.8, 4) is 33.4 Å². The topological polar surface area (TPSA) is 47.2 Å². The molecule has 0 fully saturated rings. The molecular formula is C32H27Cl2N3O. The van der Waals surface area contributed by atoms with Crippen molar-refractivity contribution in [2.75, 3.05) is 0 Å². The molecule has 190 valence electrons. The molecular weight excluding hydrogens is 513 g/mol. The van der Waals surface area contributed by atoms with E-state index < -0.39 is 0 Å². The number of nitrogens with zero attached hydrogens (tertiary/aromatic N) is 3. The molecule has 0 aliphatic carbocycles. The van der Waals surface area contributed by atoms with Crippen LogP contribution in [0.15, 0.2) is 109 Å². The van der Waals surface area contributed by atoms with Crippen molar-refractivity contribution in [1.29, 1.82) is 0 Å². The molecule has 0 amide bonds. The standard InChI is InChI=1S/C32H27Cl2N3O/c1-5-21(6-2)18-36-30-17-23(14-15-37(30)4)25-10-8-12-27(31(25)33)28-13-9-11-26(32(28)34)24-16-22(7-3)29(20-38)35-19-24/h5-6,8-20H,1-2,7H2,3-4H3. The van der Waals surface area contributed by atoms with Gasteiger partial charge >= 0.3 is 0 Å². The Kier molecular flexibility index (Phi) is 8.57. The van der Waals surface area contributed by atoms with Crippen molar-refractivity contribution in [3.63, 3.8) is 0 Å². The quantitative estimate of drug-likeness (QED) is 0.167. The smallest absolute Gasteiger partial charge is 0.168 e. The number of carbonyl (C=O) groups is 1. The van der Waals surface area contributed by atoms with Crippen LogP contribution >= 0.6 is 23.2 Å². The molecule has 38 heavy (non-hydrogen) atoms. The molecule has 4 aromatic rings. The highest BCUT2D eigenvalue weighted by atomic mass is 35.5. The van der Waals surface area contributed by atoms with Gasteiger partial charge in [0.25, 0.3) is 0 Å². The highest BCUT2D eigenvalue weighted by molar-refractivity contribution is 6.39. The van der Waals surface area contributed by atoms with Crippen molar-refractivity contribution < 1.29 is 4.79 Å². The highest BCUT2D eigenvalue weighted by Crippen LogP contribution is 2.42. The first-order valence-electron chi connectivity index (χ1n) is 12.1. The summed E-state index contributed by atoms with van der Waals surface area (Å²) in [6.07, 6.45) is 10.2. The second-order valence-corrected chi connectivity index (χ2v) is 9.38. The number of hydrogen-bond acceptors (Lipinski definition) is 3. The third-order valence-electron chi connectivity index (χ3n) is 6.34. The molecule has 0 aliphatic rings. The summed E-state index contributed by atoms with van der Waals surface area (Å²) < 4.78 is 1.93. The Morgan fingerprint density at radius 2 is 1.55 bits per heavy atom. The molecule has 0 radical (unpaired) electrons. The van der Waals surface area contributed by atoms with Gasteiger partial charge in [0.05, 0.1) is 10.0 Å². The molecule has 2 aromatic heterocycles. The van der Waals surface area contributed by atoms with Crippen LogP contribution in [-0.4, -0.2) is 15.8 Å². The Labute approximate surface area is 232 Å². The number of aryl methyl sites for hydroxylation is 2. The molecule has 0 aliphatic heterocycles. The average Bonchev–Trinajstić information content (AvgIpc) is 2.94. The predicted octanol–water partition coefficient (Wildman–Crippen LogP) is 8.26. The minimum atomic E-state index is 0.447. The summed E-state index contributed by atoms with van der Waals surface area (Å²) in [5.74, 6) is 0.